The molecule has 1 unspecified atom stereocenters. The summed E-state index contributed by atoms with van der Waals surface area (Å²) < 4.78 is 0. The Kier molecular flexibility index (Phi) is 12.8. The molecule has 0 aliphatic carbocycles. The number of halogens is 2. The van der Waals surface area contributed by atoms with Crippen LogP contribution in [-0.2, 0) is 4.79 Å². The topological polar surface area (TPSA) is 102 Å². The zero-order chi connectivity index (χ0) is 11.9. The molecule has 100 valence electrons. The smallest absolute Gasteiger partial charge is 0.323 e. The van der Waals surface area contributed by atoms with Crippen LogP contribution in [0.4, 0.5) is 0 Å². The molecule has 17 heavy (non-hydrogen) atoms. The highest BCUT2D eigenvalue weighted by atomic mass is 35.5. The normalized spacial score (nSPS) is 13.2. The number of hydrogen-bond acceptors (Lipinski definition) is 3. The number of carbonyl (C=O) groups is 1. The van der Waals surface area contributed by atoms with E-state index in [1.165, 1.54) is 6.92 Å². The highest BCUT2D eigenvalue weighted by Gasteiger charge is 2.26. The lowest BCUT2D eigenvalue weighted by atomic mass is 9.98. The minimum Gasteiger partial charge on any atom is -0.480 e. The lowest BCUT2D eigenvalue weighted by Crippen LogP contribution is -2.44. The molecule has 0 rings (SSSR count). The van der Waals surface area contributed by atoms with Crippen molar-refractivity contribution in [3.63, 3.8) is 0 Å². The molecule has 0 saturated heterocycles. The molecular weight excluding hydrogens is 265 g/mol. The first-order valence-corrected chi connectivity index (χ1v) is 4.61. The number of aliphatic imine (C=N–C) groups is 1. The van der Waals surface area contributed by atoms with Crippen LogP contribution in [0.1, 0.15) is 26.7 Å². The van der Waals surface area contributed by atoms with Gasteiger partial charge in [-0.1, -0.05) is 5.92 Å². The summed E-state index contributed by atoms with van der Waals surface area (Å²) in [5.74, 6) is 5.03. The molecule has 5 nitrogen and oxygen atoms in total. The number of aliphatic carboxylic acids is 1. The summed E-state index contributed by atoms with van der Waals surface area (Å²) in [5.41, 5.74) is 9.60. The maximum atomic E-state index is 10.6. The standard InChI is InChI=1S/C10H17N3O2.2ClH/c1-8(11)13-7-5-3-4-6-10(2,12)9(14)15;;/h4,6-7,12H2,1-2H3,(H2,11,13)(H,14,15);2*1H. The van der Waals surface area contributed by atoms with Crippen LogP contribution < -0.4 is 11.5 Å². The van der Waals surface area contributed by atoms with Crippen molar-refractivity contribution in [2.45, 2.75) is 32.2 Å². The predicted molar refractivity (Wildman–Crippen MR) is 73.9 cm³/mol. The predicted octanol–water partition coefficient (Wildman–Crippen LogP) is 0.793. The maximum Gasteiger partial charge on any atom is 0.323 e. The molecule has 0 aromatic rings. The summed E-state index contributed by atoms with van der Waals surface area (Å²) >= 11 is 0. The summed E-state index contributed by atoms with van der Waals surface area (Å²) in [4.78, 5) is 14.5. The van der Waals surface area contributed by atoms with E-state index >= 15 is 0 Å². The minimum absolute atomic E-state index is 0. The highest BCUT2D eigenvalue weighted by molar-refractivity contribution is 5.85. The van der Waals surface area contributed by atoms with Crippen LogP contribution in [0, 0.1) is 11.8 Å². The van der Waals surface area contributed by atoms with Crippen molar-refractivity contribution < 1.29 is 9.90 Å². The molecule has 7 heteroatoms. The molecule has 0 aliphatic heterocycles. The molecule has 0 bridgehead atoms. The fraction of sp³-hybridized carbons (Fsp3) is 0.600. The summed E-state index contributed by atoms with van der Waals surface area (Å²) in [6.45, 7) is 3.50. The third-order valence-electron chi connectivity index (χ3n) is 1.79. The molecule has 0 amide bonds. The highest BCUT2D eigenvalue weighted by Crippen LogP contribution is 2.07. The zero-order valence-corrected chi connectivity index (χ0v) is 11.5. The summed E-state index contributed by atoms with van der Waals surface area (Å²) in [6.07, 6.45) is 0.763. The number of rotatable bonds is 4. The van der Waals surface area contributed by atoms with Crippen LogP contribution in [0.3, 0.4) is 0 Å². The van der Waals surface area contributed by atoms with Gasteiger partial charge in [-0.05, 0) is 20.3 Å². The Morgan fingerprint density at radius 3 is 2.35 bits per heavy atom. The van der Waals surface area contributed by atoms with E-state index < -0.39 is 11.5 Å². The van der Waals surface area contributed by atoms with Crippen LogP contribution in [0.2, 0.25) is 0 Å². The van der Waals surface area contributed by atoms with E-state index in [4.69, 9.17) is 16.6 Å². The third-order valence-corrected chi connectivity index (χ3v) is 1.79. The Labute approximate surface area is 114 Å². The van der Waals surface area contributed by atoms with E-state index in [9.17, 15) is 4.79 Å². The quantitative estimate of drug-likeness (QED) is 0.403. The fourth-order valence-electron chi connectivity index (χ4n) is 0.738. The van der Waals surface area contributed by atoms with E-state index in [0.29, 0.717) is 25.2 Å². The lowest BCUT2D eigenvalue weighted by molar-refractivity contribution is -0.142. The van der Waals surface area contributed by atoms with E-state index in [2.05, 4.69) is 16.8 Å². The van der Waals surface area contributed by atoms with Gasteiger partial charge in [0.1, 0.15) is 12.1 Å². The third kappa shape index (κ3) is 11.3. The first kappa shape index (κ1) is 21.3. The fourth-order valence-corrected chi connectivity index (χ4v) is 0.738. The molecule has 0 fully saturated rings. The van der Waals surface area contributed by atoms with Gasteiger partial charge in [0.15, 0.2) is 0 Å². The Morgan fingerprint density at radius 1 is 1.41 bits per heavy atom. The molecule has 0 saturated carbocycles. The van der Waals surface area contributed by atoms with Gasteiger partial charge in [0.25, 0.3) is 0 Å². The number of nitrogens with two attached hydrogens (primary N) is 2. The first-order valence-electron chi connectivity index (χ1n) is 4.61. The van der Waals surface area contributed by atoms with Gasteiger partial charge in [-0.3, -0.25) is 9.79 Å². The van der Waals surface area contributed by atoms with E-state index in [1.807, 2.05) is 0 Å². The Morgan fingerprint density at radius 2 is 1.94 bits per heavy atom. The number of hydrogen-bond donors (Lipinski definition) is 3. The number of carboxylic acids is 1. The Balaban J connectivity index is -0.000000980. The monoisotopic (exact) mass is 283 g/mol. The van der Waals surface area contributed by atoms with Crippen LogP contribution in [0.15, 0.2) is 4.99 Å². The van der Waals surface area contributed by atoms with Gasteiger partial charge in [0.2, 0.25) is 0 Å². The second-order valence-corrected chi connectivity index (χ2v) is 3.53. The largest absolute Gasteiger partial charge is 0.480 e. The summed E-state index contributed by atoms with van der Waals surface area (Å²) in [6, 6.07) is 0. The molecule has 0 spiro atoms. The molecular formula is C10H19Cl2N3O2. The second-order valence-electron chi connectivity index (χ2n) is 3.53. The van der Waals surface area contributed by atoms with Gasteiger partial charge in [-0.15, -0.1) is 30.7 Å². The van der Waals surface area contributed by atoms with Crippen molar-refractivity contribution in [3.8, 4) is 11.8 Å². The first-order chi connectivity index (χ1) is 6.86. The number of amidine groups is 1. The number of nitrogens with zero attached hydrogens (tertiary/aromatic N) is 1. The average Bonchev–Trinajstić information content (AvgIpc) is 2.10. The van der Waals surface area contributed by atoms with Crippen molar-refractivity contribution >= 4 is 36.6 Å². The zero-order valence-electron chi connectivity index (χ0n) is 9.90. The van der Waals surface area contributed by atoms with Crippen LogP contribution in [0.25, 0.3) is 0 Å². The molecule has 0 aliphatic rings. The van der Waals surface area contributed by atoms with E-state index in [-0.39, 0.29) is 24.8 Å². The van der Waals surface area contributed by atoms with E-state index in [1.54, 1.807) is 6.92 Å². The molecule has 0 aromatic heterocycles. The van der Waals surface area contributed by atoms with Crippen LogP contribution >= 0.6 is 24.8 Å². The van der Waals surface area contributed by atoms with Crippen molar-refractivity contribution in [1.29, 1.82) is 0 Å². The summed E-state index contributed by atoms with van der Waals surface area (Å²) in [5, 5.41) is 8.71. The van der Waals surface area contributed by atoms with Crippen molar-refractivity contribution in [2.24, 2.45) is 16.5 Å². The minimum atomic E-state index is -1.21. The summed E-state index contributed by atoms with van der Waals surface area (Å²) in [7, 11) is 0. The van der Waals surface area contributed by atoms with Gasteiger partial charge in [-0.25, -0.2) is 0 Å². The lowest BCUT2D eigenvalue weighted by Gasteiger charge is -2.16. The molecule has 0 heterocycles. The molecule has 0 radical (unpaired) electrons. The van der Waals surface area contributed by atoms with Gasteiger partial charge < -0.3 is 16.6 Å². The van der Waals surface area contributed by atoms with Crippen LogP contribution in [0.5, 0.6) is 0 Å². The van der Waals surface area contributed by atoms with Gasteiger partial charge in [0, 0.05) is 6.42 Å². The average molecular weight is 284 g/mol. The number of carboxylic acid groups (broad SMARTS) is 1. The van der Waals surface area contributed by atoms with Crippen LogP contribution in [-0.4, -0.2) is 29.0 Å². The van der Waals surface area contributed by atoms with Gasteiger partial charge in [0.05, 0.1) is 5.84 Å². The van der Waals surface area contributed by atoms with Gasteiger partial charge in [-0.2, -0.15) is 0 Å². The van der Waals surface area contributed by atoms with Crippen molar-refractivity contribution in [1.82, 2.24) is 0 Å². The van der Waals surface area contributed by atoms with Crippen molar-refractivity contribution in [2.75, 3.05) is 6.54 Å². The van der Waals surface area contributed by atoms with E-state index in [0.717, 1.165) is 0 Å². The molecule has 1 atom stereocenters. The maximum absolute atomic E-state index is 10.6. The SMILES string of the molecule is CC(N)=NCC#CCCC(C)(N)C(=O)O.Cl.Cl. The van der Waals surface area contributed by atoms with Gasteiger partial charge >= 0.3 is 5.97 Å². The Hall–Kier alpha value is -0.960. The Bertz CT molecular complexity index is 315. The molecule has 5 N–H and O–H groups in total. The molecule has 0 aromatic carbocycles. The second kappa shape index (κ2) is 10.2. The van der Waals surface area contributed by atoms with Crippen molar-refractivity contribution in [3.05, 3.63) is 0 Å².